The number of allylic oxidation sites excluding steroid dienone is 6. The molecule has 2 heteroatoms. The highest BCUT2D eigenvalue weighted by Gasteiger charge is 2.11. The van der Waals surface area contributed by atoms with Crippen molar-refractivity contribution >= 4 is 11.6 Å². The fourth-order valence-corrected chi connectivity index (χ4v) is 3.57. The van der Waals surface area contributed by atoms with Crippen LogP contribution >= 0.6 is 0 Å². The van der Waals surface area contributed by atoms with Crippen LogP contribution in [0.15, 0.2) is 53.1 Å². The van der Waals surface area contributed by atoms with Crippen LogP contribution in [0.2, 0.25) is 0 Å². The van der Waals surface area contributed by atoms with Gasteiger partial charge in [-0.05, 0) is 97.1 Å². The van der Waals surface area contributed by atoms with Crippen LogP contribution in [0, 0.1) is 19.8 Å². The number of amides is 1. The molecule has 1 unspecified atom stereocenters. The van der Waals surface area contributed by atoms with Crippen LogP contribution in [0.25, 0.3) is 0 Å². The molecule has 1 rings (SSSR count). The van der Waals surface area contributed by atoms with Crippen LogP contribution in [-0.4, -0.2) is 5.91 Å². The van der Waals surface area contributed by atoms with Crippen LogP contribution in [0.5, 0.6) is 0 Å². The minimum atomic E-state index is 0.120. The van der Waals surface area contributed by atoms with Gasteiger partial charge in [0.25, 0.3) is 0 Å². The monoisotopic (exact) mass is 409 g/mol. The molecule has 0 bridgehead atoms. The summed E-state index contributed by atoms with van der Waals surface area (Å²) in [6.07, 6.45) is 14.3. The van der Waals surface area contributed by atoms with Crippen LogP contribution < -0.4 is 5.32 Å². The lowest BCUT2D eigenvalue weighted by atomic mass is 9.99. The highest BCUT2D eigenvalue weighted by Crippen LogP contribution is 2.21. The molecule has 0 saturated carbocycles. The number of hydrogen-bond acceptors (Lipinski definition) is 1. The zero-order chi connectivity index (χ0) is 22.5. The second-order valence-electron chi connectivity index (χ2n) is 9.16. The van der Waals surface area contributed by atoms with Gasteiger partial charge in [0.15, 0.2) is 0 Å². The Labute approximate surface area is 185 Å². The summed E-state index contributed by atoms with van der Waals surface area (Å²) in [6, 6.07) is 6.11. The molecule has 1 atom stereocenters. The van der Waals surface area contributed by atoms with E-state index in [0.29, 0.717) is 12.3 Å². The predicted octanol–water partition coefficient (Wildman–Crippen LogP) is 8.47. The van der Waals surface area contributed by atoms with Gasteiger partial charge in [0.05, 0.1) is 0 Å². The van der Waals surface area contributed by atoms with Crippen molar-refractivity contribution in [2.24, 2.45) is 5.92 Å². The summed E-state index contributed by atoms with van der Waals surface area (Å²) in [7, 11) is 0. The van der Waals surface area contributed by atoms with Gasteiger partial charge in [0.1, 0.15) is 0 Å². The molecule has 0 heterocycles. The smallest absolute Gasteiger partial charge is 0.224 e. The second kappa shape index (κ2) is 14.0. The van der Waals surface area contributed by atoms with Gasteiger partial charge in [-0.25, -0.2) is 0 Å². The Morgan fingerprint density at radius 3 is 2.00 bits per heavy atom. The quantitative estimate of drug-likeness (QED) is 0.345. The molecule has 0 aromatic heterocycles. The van der Waals surface area contributed by atoms with Crippen molar-refractivity contribution in [1.29, 1.82) is 0 Å². The van der Waals surface area contributed by atoms with E-state index in [1.165, 1.54) is 16.7 Å². The molecule has 2 nitrogen and oxygen atoms in total. The van der Waals surface area contributed by atoms with Gasteiger partial charge in [-0.3, -0.25) is 4.79 Å². The zero-order valence-corrected chi connectivity index (χ0v) is 20.4. The molecule has 1 N–H and O–H groups in total. The summed E-state index contributed by atoms with van der Waals surface area (Å²) in [5.74, 6) is 0.505. The van der Waals surface area contributed by atoms with Gasteiger partial charge in [0.2, 0.25) is 5.91 Å². The highest BCUT2D eigenvalue weighted by molar-refractivity contribution is 5.92. The van der Waals surface area contributed by atoms with Gasteiger partial charge >= 0.3 is 0 Å². The number of carbonyl (C=O) groups is 1. The third-order valence-electron chi connectivity index (χ3n) is 5.55. The van der Waals surface area contributed by atoms with Crippen molar-refractivity contribution < 1.29 is 4.79 Å². The van der Waals surface area contributed by atoms with Gasteiger partial charge < -0.3 is 5.32 Å². The first-order chi connectivity index (χ1) is 14.2. The lowest BCUT2D eigenvalue weighted by Crippen LogP contribution is -2.16. The van der Waals surface area contributed by atoms with Crippen LogP contribution in [0.1, 0.15) is 90.7 Å². The number of aryl methyl sites for hydroxylation is 2. The SMILES string of the molecule is CC(C)=CCC/C(C)=C/CC/C(C)=C/CCC(C)CC(=O)Nc1c(C)cccc1C. The predicted molar refractivity (Wildman–Crippen MR) is 133 cm³/mol. The first-order valence-corrected chi connectivity index (χ1v) is 11.5. The van der Waals surface area contributed by atoms with Crippen LogP contribution in [0.4, 0.5) is 5.69 Å². The Hall–Kier alpha value is -2.09. The minimum Gasteiger partial charge on any atom is -0.326 e. The molecule has 0 fully saturated rings. The second-order valence-corrected chi connectivity index (χ2v) is 9.16. The van der Waals surface area contributed by atoms with E-state index in [-0.39, 0.29) is 5.91 Å². The summed E-state index contributed by atoms with van der Waals surface area (Å²) >= 11 is 0. The third-order valence-corrected chi connectivity index (χ3v) is 5.55. The van der Waals surface area contributed by atoms with Gasteiger partial charge in [-0.2, -0.15) is 0 Å². The van der Waals surface area contributed by atoms with Crippen molar-refractivity contribution in [2.75, 3.05) is 5.32 Å². The molecule has 0 aliphatic heterocycles. The maximum absolute atomic E-state index is 12.4. The minimum absolute atomic E-state index is 0.120. The molecule has 0 saturated heterocycles. The number of rotatable bonds is 12. The first-order valence-electron chi connectivity index (χ1n) is 11.5. The Bertz CT molecular complexity index is 743. The number of hydrogen-bond donors (Lipinski definition) is 1. The lowest BCUT2D eigenvalue weighted by molar-refractivity contribution is -0.117. The lowest BCUT2D eigenvalue weighted by Gasteiger charge is -2.14. The van der Waals surface area contributed by atoms with Crippen molar-refractivity contribution in [3.8, 4) is 0 Å². The summed E-state index contributed by atoms with van der Waals surface area (Å²) in [5.41, 5.74) is 7.55. The molecular weight excluding hydrogens is 366 g/mol. The molecule has 30 heavy (non-hydrogen) atoms. The van der Waals surface area contributed by atoms with E-state index in [9.17, 15) is 4.79 Å². The van der Waals surface area contributed by atoms with E-state index in [1.54, 1.807) is 0 Å². The largest absolute Gasteiger partial charge is 0.326 e. The van der Waals surface area contributed by atoms with Gasteiger partial charge in [-0.1, -0.05) is 60.1 Å². The average Bonchev–Trinajstić information content (AvgIpc) is 2.64. The molecule has 1 aromatic carbocycles. The molecule has 1 aromatic rings. The molecule has 0 spiro atoms. The zero-order valence-electron chi connectivity index (χ0n) is 20.4. The summed E-state index contributed by atoms with van der Waals surface area (Å²) in [6.45, 7) is 15.0. The maximum atomic E-state index is 12.4. The fourth-order valence-electron chi connectivity index (χ4n) is 3.57. The molecule has 1 amide bonds. The standard InChI is InChI=1S/C28H43NO/c1-21(2)12-8-13-22(3)14-9-15-23(4)16-10-17-24(5)20-27(30)29-28-25(6)18-11-19-26(28)7/h11-12,14,16,18-19,24H,8-10,13,15,17,20H2,1-7H3,(H,29,30)/b22-14+,23-16+. The van der Waals surface area contributed by atoms with Crippen LogP contribution in [0.3, 0.4) is 0 Å². The van der Waals surface area contributed by atoms with E-state index in [1.807, 2.05) is 32.0 Å². The first kappa shape index (κ1) is 25.9. The summed E-state index contributed by atoms with van der Waals surface area (Å²) in [5, 5.41) is 3.10. The number of nitrogens with one attached hydrogen (secondary N) is 1. The average molecular weight is 410 g/mol. The Balaban J connectivity index is 2.31. The normalized spacial score (nSPS) is 13.2. The molecular formula is C28H43NO. The van der Waals surface area contributed by atoms with E-state index in [0.717, 1.165) is 55.3 Å². The van der Waals surface area contributed by atoms with Gasteiger partial charge in [0, 0.05) is 12.1 Å². The maximum Gasteiger partial charge on any atom is 0.224 e. The van der Waals surface area contributed by atoms with E-state index in [4.69, 9.17) is 0 Å². The summed E-state index contributed by atoms with van der Waals surface area (Å²) in [4.78, 5) is 12.4. The number of benzene rings is 1. The van der Waals surface area contributed by atoms with Crippen molar-refractivity contribution in [3.05, 3.63) is 64.3 Å². The van der Waals surface area contributed by atoms with Crippen molar-refractivity contribution in [1.82, 2.24) is 0 Å². The third kappa shape index (κ3) is 11.2. The van der Waals surface area contributed by atoms with E-state index >= 15 is 0 Å². The Morgan fingerprint density at radius 1 is 0.900 bits per heavy atom. The van der Waals surface area contributed by atoms with Crippen LogP contribution in [-0.2, 0) is 4.79 Å². The Morgan fingerprint density at radius 2 is 1.43 bits per heavy atom. The Kier molecular flexibility index (Phi) is 12.1. The highest BCUT2D eigenvalue weighted by atomic mass is 16.1. The molecule has 0 radical (unpaired) electrons. The molecule has 0 aliphatic rings. The topological polar surface area (TPSA) is 29.1 Å². The van der Waals surface area contributed by atoms with Gasteiger partial charge in [-0.15, -0.1) is 0 Å². The van der Waals surface area contributed by atoms with Crippen molar-refractivity contribution in [3.63, 3.8) is 0 Å². The number of anilines is 1. The summed E-state index contributed by atoms with van der Waals surface area (Å²) < 4.78 is 0. The molecule has 0 aliphatic carbocycles. The van der Waals surface area contributed by atoms with E-state index in [2.05, 4.69) is 58.2 Å². The van der Waals surface area contributed by atoms with Crippen molar-refractivity contribution in [2.45, 2.75) is 93.4 Å². The molecule has 166 valence electrons. The number of para-hydroxylation sites is 1. The van der Waals surface area contributed by atoms with E-state index < -0.39 is 0 Å². The number of carbonyl (C=O) groups excluding carboxylic acids is 1. The fraction of sp³-hybridized carbons (Fsp3) is 0.536.